The fraction of sp³-hybridized carbons (Fsp3) is 0.154. The second kappa shape index (κ2) is 4.92. The van der Waals surface area contributed by atoms with Crippen LogP contribution in [0, 0.1) is 6.92 Å². The maximum atomic E-state index is 6.37. The highest BCUT2D eigenvalue weighted by Crippen LogP contribution is 2.34. The minimum absolute atomic E-state index is 0.191. The van der Waals surface area contributed by atoms with Gasteiger partial charge in [0.1, 0.15) is 10.3 Å². The summed E-state index contributed by atoms with van der Waals surface area (Å²) in [5.74, 6) is 0.299. The number of benzene rings is 1. The molecule has 20 heavy (non-hydrogen) atoms. The second-order valence-electron chi connectivity index (χ2n) is 4.24. The molecule has 0 radical (unpaired) electrons. The maximum Gasteiger partial charge on any atom is 0.337 e. The fourth-order valence-electron chi connectivity index (χ4n) is 1.87. The summed E-state index contributed by atoms with van der Waals surface area (Å²) in [5.41, 5.74) is 2.64. The van der Waals surface area contributed by atoms with E-state index in [0.717, 1.165) is 11.1 Å². The first kappa shape index (κ1) is 13.1. The third-order valence-electron chi connectivity index (χ3n) is 2.89. The number of aryl methyl sites for hydroxylation is 1. The van der Waals surface area contributed by atoms with Crippen LogP contribution in [-0.2, 0) is 0 Å². The Hall–Kier alpha value is -1.85. The smallest absolute Gasteiger partial charge is 0.337 e. The van der Waals surface area contributed by atoms with Gasteiger partial charge in [-0.25, -0.2) is 0 Å². The Bertz CT molecular complexity index is 783. The molecule has 0 aliphatic rings. The van der Waals surface area contributed by atoms with Crippen LogP contribution in [-0.4, -0.2) is 26.7 Å². The van der Waals surface area contributed by atoms with Crippen LogP contribution < -0.4 is 4.74 Å². The van der Waals surface area contributed by atoms with Gasteiger partial charge in [0, 0.05) is 0 Å². The van der Waals surface area contributed by atoms with Gasteiger partial charge in [0.15, 0.2) is 0 Å². The number of rotatable bonds is 2. The van der Waals surface area contributed by atoms with Crippen LogP contribution >= 0.6 is 23.2 Å². The van der Waals surface area contributed by atoms with Crippen molar-refractivity contribution in [1.29, 1.82) is 0 Å². The molecule has 0 unspecified atom stereocenters. The standard InChI is InChI=1S/C13H10Cl2N4O/c1-7-3-5-8(6-4-7)9-10(14)16-12-17-13(20-2)18-19(12)11(9)15/h3-6H,1-2H3. The highest BCUT2D eigenvalue weighted by Gasteiger charge is 2.17. The number of fused-ring (bicyclic) bond motifs is 1. The SMILES string of the molecule is COc1nc2nc(Cl)c(-c3ccc(C)cc3)c(Cl)n2n1. The van der Waals surface area contributed by atoms with Gasteiger partial charge in [-0.1, -0.05) is 53.0 Å². The van der Waals surface area contributed by atoms with E-state index >= 15 is 0 Å². The van der Waals surface area contributed by atoms with Gasteiger partial charge in [0.05, 0.1) is 12.7 Å². The van der Waals surface area contributed by atoms with E-state index in [1.54, 1.807) is 0 Å². The van der Waals surface area contributed by atoms with Gasteiger partial charge in [-0.15, -0.1) is 5.10 Å². The van der Waals surface area contributed by atoms with Gasteiger partial charge in [-0.05, 0) is 12.5 Å². The first-order chi connectivity index (χ1) is 9.60. The molecular formula is C13H10Cl2N4O. The van der Waals surface area contributed by atoms with E-state index in [4.69, 9.17) is 27.9 Å². The summed E-state index contributed by atoms with van der Waals surface area (Å²) >= 11 is 12.6. The Kier molecular flexibility index (Phi) is 3.23. The molecule has 0 aliphatic heterocycles. The lowest BCUT2D eigenvalue weighted by Gasteiger charge is -2.07. The monoisotopic (exact) mass is 308 g/mol. The number of hydrogen-bond acceptors (Lipinski definition) is 4. The number of hydrogen-bond donors (Lipinski definition) is 0. The van der Waals surface area contributed by atoms with Crippen molar-refractivity contribution >= 4 is 29.0 Å². The highest BCUT2D eigenvalue weighted by atomic mass is 35.5. The average molecular weight is 309 g/mol. The lowest BCUT2D eigenvalue weighted by atomic mass is 10.1. The summed E-state index contributed by atoms with van der Waals surface area (Å²) in [6.07, 6.45) is 0. The molecule has 1 aromatic carbocycles. The van der Waals surface area contributed by atoms with Gasteiger partial charge >= 0.3 is 6.01 Å². The van der Waals surface area contributed by atoms with Gasteiger partial charge in [0.25, 0.3) is 5.78 Å². The summed E-state index contributed by atoms with van der Waals surface area (Å²) in [6, 6.07) is 8.02. The topological polar surface area (TPSA) is 52.3 Å². The lowest BCUT2D eigenvalue weighted by Crippen LogP contribution is -1.97. The largest absolute Gasteiger partial charge is 0.466 e. The van der Waals surface area contributed by atoms with Crippen molar-refractivity contribution in [2.75, 3.05) is 7.11 Å². The number of nitrogens with zero attached hydrogens (tertiary/aromatic N) is 4. The molecule has 3 aromatic rings. The summed E-state index contributed by atoms with van der Waals surface area (Å²) in [5, 5.41) is 4.73. The molecule has 0 bridgehead atoms. The van der Waals surface area contributed by atoms with Crippen molar-refractivity contribution in [3.63, 3.8) is 0 Å². The van der Waals surface area contributed by atoms with E-state index < -0.39 is 0 Å². The number of aromatic nitrogens is 4. The molecule has 0 spiro atoms. The molecule has 102 valence electrons. The molecule has 5 nitrogen and oxygen atoms in total. The molecule has 0 saturated heterocycles. The lowest BCUT2D eigenvalue weighted by molar-refractivity contribution is 0.380. The van der Waals surface area contributed by atoms with Crippen molar-refractivity contribution in [3.8, 4) is 17.1 Å². The van der Waals surface area contributed by atoms with Crippen molar-refractivity contribution < 1.29 is 4.74 Å². The zero-order chi connectivity index (χ0) is 14.3. The Morgan fingerprint density at radius 1 is 1.10 bits per heavy atom. The summed E-state index contributed by atoms with van der Waals surface area (Å²) in [6.45, 7) is 2.01. The third kappa shape index (κ3) is 2.09. The van der Waals surface area contributed by atoms with Crippen LogP contribution in [0.2, 0.25) is 10.3 Å². The Morgan fingerprint density at radius 2 is 1.80 bits per heavy atom. The summed E-state index contributed by atoms with van der Waals surface area (Å²) in [7, 11) is 1.48. The zero-order valence-electron chi connectivity index (χ0n) is 10.8. The molecule has 0 atom stereocenters. The highest BCUT2D eigenvalue weighted by molar-refractivity contribution is 6.38. The first-order valence-corrected chi connectivity index (χ1v) is 6.58. The van der Waals surface area contributed by atoms with Crippen molar-refractivity contribution in [3.05, 3.63) is 40.1 Å². The molecular weight excluding hydrogens is 299 g/mol. The maximum absolute atomic E-state index is 6.37. The molecule has 0 fully saturated rings. The van der Waals surface area contributed by atoms with Crippen LogP contribution in [0.1, 0.15) is 5.56 Å². The molecule has 7 heteroatoms. The normalized spacial score (nSPS) is 11.0. The predicted molar refractivity (Wildman–Crippen MR) is 77.5 cm³/mol. The van der Waals surface area contributed by atoms with E-state index in [1.165, 1.54) is 11.6 Å². The van der Waals surface area contributed by atoms with E-state index in [-0.39, 0.29) is 11.2 Å². The molecule has 0 N–H and O–H groups in total. The Balaban J connectivity index is 2.27. The number of methoxy groups -OCH3 is 1. The number of halogens is 2. The predicted octanol–water partition coefficient (Wildman–Crippen LogP) is 3.42. The minimum atomic E-state index is 0.191. The van der Waals surface area contributed by atoms with Crippen LogP contribution in [0.15, 0.2) is 24.3 Å². The van der Waals surface area contributed by atoms with E-state index in [2.05, 4.69) is 15.1 Å². The molecule has 0 aliphatic carbocycles. The van der Waals surface area contributed by atoms with E-state index in [9.17, 15) is 0 Å². The van der Waals surface area contributed by atoms with E-state index in [0.29, 0.717) is 16.5 Å². The zero-order valence-corrected chi connectivity index (χ0v) is 12.3. The Labute approximate surface area is 125 Å². The summed E-state index contributed by atoms with van der Waals surface area (Å²) in [4.78, 5) is 8.25. The van der Waals surface area contributed by atoms with Crippen molar-refractivity contribution in [1.82, 2.24) is 19.6 Å². The number of ether oxygens (including phenoxy) is 1. The van der Waals surface area contributed by atoms with Crippen molar-refractivity contribution in [2.24, 2.45) is 0 Å². The van der Waals surface area contributed by atoms with Gasteiger partial charge in [0.2, 0.25) is 0 Å². The van der Waals surface area contributed by atoms with Crippen molar-refractivity contribution in [2.45, 2.75) is 6.92 Å². The van der Waals surface area contributed by atoms with Crippen LogP contribution in [0.25, 0.3) is 16.9 Å². The second-order valence-corrected chi connectivity index (χ2v) is 4.96. The van der Waals surface area contributed by atoms with Gasteiger partial charge < -0.3 is 4.74 Å². The van der Waals surface area contributed by atoms with Crippen LogP contribution in [0.4, 0.5) is 0 Å². The average Bonchev–Trinajstić information content (AvgIpc) is 2.84. The Morgan fingerprint density at radius 3 is 2.45 bits per heavy atom. The molecule has 3 rings (SSSR count). The van der Waals surface area contributed by atoms with E-state index in [1.807, 2.05) is 31.2 Å². The first-order valence-electron chi connectivity index (χ1n) is 5.83. The minimum Gasteiger partial charge on any atom is -0.466 e. The molecule has 0 saturated carbocycles. The third-order valence-corrected chi connectivity index (χ3v) is 3.51. The van der Waals surface area contributed by atoms with Crippen LogP contribution in [0.5, 0.6) is 6.01 Å². The quantitative estimate of drug-likeness (QED) is 0.681. The van der Waals surface area contributed by atoms with Gasteiger partial charge in [-0.2, -0.15) is 14.5 Å². The molecule has 2 aromatic heterocycles. The molecule has 2 heterocycles. The van der Waals surface area contributed by atoms with Gasteiger partial charge in [-0.3, -0.25) is 0 Å². The summed E-state index contributed by atoms with van der Waals surface area (Å²) < 4.78 is 6.37. The molecule has 0 amide bonds. The van der Waals surface area contributed by atoms with Crippen LogP contribution in [0.3, 0.4) is 0 Å². The fourth-order valence-corrected chi connectivity index (χ4v) is 2.50.